The summed E-state index contributed by atoms with van der Waals surface area (Å²) in [6.45, 7) is 6.91. The molecule has 2 heterocycles. The van der Waals surface area contributed by atoms with Crippen LogP contribution in [0.15, 0.2) is 12.4 Å². The lowest BCUT2D eigenvalue weighted by atomic mass is 10.3. The van der Waals surface area contributed by atoms with E-state index >= 15 is 0 Å². The molecule has 0 atom stereocenters. The van der Waals surface area contributed by atoms with Gasteiger partial charge in [-0.2, -0.15) is 0 Å². The van der Waals surface area contributed by atoms with Crippen molar-refractivity contribution in [2.24, 2.45) is 0 Å². The molecule has 0 aromatic carbocycles. The molecular formula is C11H18N4O. The lowest BCUT2D eigenvalue weighted by Crippen LogP contribution is -2.47. The molecule has 0 bridgehead atoms. The van der Waals surface area contributed by atoms with Crippen molar-refractivity contribution >= 4 is 5.82 Å². The van der Waals surface area contributed by atoms with Gasteiger partial charge in [-0.15, -0.1) is 0 Å². The Kier molecular flexibility index (Phi) is 3.69. The zero-order valence-electron chi connectivity index (χ0n) is 9.63. The Bertz CT molecular complexity index is 337. The highest BCUT2D eigenvalue weighted by Crippen LogP contribution is 2.13. The molecule has 5 nitrogen and oxygen atoms in total. The molecule has 1 aromatic rings. The van der Waals surface area contributed by atoms with Crippen LogP contribution in [0, 0.1) is 6.92 Å². The van der Waals surface area contributed by atoms with Gasteiger partial charge in [-0.1, -0.05) is 0 Å². The summed E-state index contributed by atoms with van der Waals surface area (Å²) in [4.78, 5) is 12.9. The maximum absolute atomic E-state index is 8.86. The average Bonchev–Trinajstić information content (AvgIpc) is 2.30. The van der Waals surface area contributed by atoms with Gasteiger partial charge in [-0.3, -0.25) is 4.90 Å². The number of anilines is 1. The summed E-state index contributed by atoms with van der Waals surface area (Å²) >= 11 is 0. The lowest BCUT2D eigenvalue weighted by Gasteiger charge is -2.35. The first-order chi connectivity index (χ1) is 7.79. The largest absolute Gasteiger partial charge is 0.395 e. The topological polar surface area (TPSA) is 52.5 Å². The van der Waals surface area contributed by atoms with Crippen molar-refractivity contribution < 1.29 is 5.11 Å². The number of aliphatic hydroxyl groups is 1. The highest BCUT2D eigenvalue weighted by molar-refractivity contribution is 5.39. The molecule has 0 saturated carbocycles. The molecule has 0 radical (unpaired) electrons. The van der Waals surface area contributed by atoms with Gasteiger partial charge in [0.2, 0.25) is 0 Å². The predicted octanol–water partition coefficient (Wildman–Crippen LogP) is -0.101. The van der Waals surface area contributed by atoms with Gasteiger partial charge in [0.05, 0.1) is 6.61 Å². The number of hydrogen-bond acceptors (Lipinski definition) is 5. The van der Waals surface area contributed by atoms with E-state index in [0.717, 1.165) is 44.2 Å². The Labute approximate surface area is 95.7 Å². The van der Waals surface area contributed by atoms with E-state index in [1.807, 2.05) is 13.0 Å². The number of rotatable bonds is 3. The zero-order chi connectivity index (χ0) is 11.4. The zero-order valence-corrected chi connectivity index (χ0v) is 9.63. The molecule has 88 valence electrons. The summed E-state index contributed by atoms with van der Waals surface area (Å²) in [5, 5.41) is 8.86. The van der Waals surface area contributed by atoms with Gasteiger partial charge in [0.1, 0.15) is 12.1 Å². The van der Waals surface area contributed by atoms with E-state index in [9.17, 15) is 0 Å². The van der Waals surface area contributed by atoms with Gasteiger partial charge in [-0.05, 0) is 6.92 Å². The van der Waals surface area contributed by atoms with Crippen LogP contribution in [0.1, 0.15) is 5.69 Å². The molecule has 1 aliphatic heterocycles. The SMILES string of the molecule is Cc1cc(N2CCN(CCO)CC2)ncn1. The van der Waals surface area contributed by atoms with Crippen LogP contribution in [-0.2, 0) is 0 Å². The molecule has 0 unspecified atom stereocenters. The first kappa shape index (κ1) is 11.3. The monoisotopic (exact) mass is 222 g/mol. The second-order valence-corrected chi connectivity index (χ2v) is 4.07. The number of nitrogens with zero attached hydrogens (tertiary/aromatic N) is 4. The lowest BCUT2D eigenvalue weighted by molar-refractivity contribution is 0.188. The summed E-state index contributed by atoms with van der Waals surface area (Å²) in [6.07, 6.45) is 1.62. The van der Waals surface area contributed by atoms with Crippen LogP contribution in [0.2, 0.25) is 0 Å². The molecule has 0 aliphatic carbocycles. The molecule has 1 N–H and O–H groups in total. The van der Waals surface area contributed by atoms with Crippen LogP contribution in [0.5, 0.6) is 0 Å². The quantitative estimate of drug-likeness (QED) is 0.774. The summed E-state index contributed by atoms with van der Waals surface area (Å²) in [7, 11) is 0. The highest BCUT2D eigenvalue weighted by Gasteiger charge is 2.17. The molecule has 1 aromatic heterocycles. The number of hydrogen-bond donors (Lipinski definition) is 1. The van der Waals surface area contributed by atoms with E-state index in [4.69, 9.17) is 5.11 Å². The summed E-state index contributed by atoms with van der Waals surface area (Å²) in [6, 6.07) is 2.02. The standard InChI is InChI=1S/C11H18N4O/c1-10-8-11(13-9-12-10)15-4-2-14(3-5-15)6-7-16/h8-9,16H,2-7H2,1H3. The van der Waals surface area contributed by atoms with Crippen molar-refractivity contribution in [3.63, 3.8) is 0 Å². The van der Waals surface area contributed by atoms with Crippen molar-refractivity contribution in [1.82, 2.24) is 14.9 Å². The summed E-state index contributed by atoms with van der Waals surface area (Å²) in [5.41, 5.74) is 1.00. The smallest absolute Gasteiger partial charge is 0.132 e. The Hall–Kier alpha value is -1.20. The first-order valence-electron chi connectivity index (χ1n) is 5.66. The number of piperazine rings is 1. The van der Waals surface area contributed by atoms with Gasteiger partial charge in [0, 0.05) is 44.5 Å². The van der Waals surface area contributed by atoms with Gasteiger partial charge >= 0.3 is 0 Å². The van der Waals surface area contributed by atoms with Crippen LogP contribution in [0.3, 0.4) is 0 Å². The average molecular weight is 222 g/mol. The van der Waals surface area contributed by atoms with Crippen molar-refractivity contribution in [3.8, 4) is 0 Å². The maximum Gasteiger partial charge on any atom is 0.132 e. The molecule has 1 fully saturated rings. The number of aromatic nitrogens is 2. The first-order valence-corrected chi connectivity index (χ1v) is 5.66. The molecule has 2 rings (SSSR count). The van der Waals surface area contributed by atoms with Crippen LogP contribution in [0.25, 0.3) is 0 Å². The number of aryl methyl sites for hydroxylation is 1. The summed E-state index contributed by atoms with van der Waals surface area (Å²) in [5.74, 6) is 1.01. The Balaban J connectivity index is 1.94. The normalized spacial score (nSPS) is 17.8. The van der Waals surface area contributed by atoms with E-state index in [-0.39, 0.29) is 6.61 Å². The van der Waals surface area contributed by atoms with E-state index < -0.39 is 0 Å². The minimum absolute atomic E-state index is 0.243. The van der Waals surface area contributed by atoms with Crippen molar-refractivity contribution in [3.05, 3.63) is 18.1 Å². The summed E-state index contributed by atoms with van der Waals surface area (Å²) < 4.78 is 0. The van der Waals surface area contributed by atoms with Crippen LogP contribution >= 0.6 is 0 Å². The van der Waals surface area contributed by atoms with Gasteiger partial charge < -0.3 is 10.0 Å². The maximum atomic E-state index is 8.86. The molecule has 0 spiro atoms. The highest BCUT2D eigenvalue weighted by atomic mass is 16.3. The minimum atomic E-state index is 0.243. The molecule has 16 heavy (non-hydrogen) atoms. The number of β-amino-alcohol motifs (C(OH)–C–C–N with tert-alkyl or cyclic N) is 1. The van der Waals surface area contributed by atoms with Crippen LogP contribution in [0.4, 0.5) is 5.82 Å². The third kappa shape index (κ3) is 2.68. The fraction of sp³-hybridized carbons (Fsp3) is 0.636. The third-order valence-corrected chi connectivity index (χ3v) is 2.90. The van der Waals surface area contributed by atoms with Crippen LogP contribution in [-0.4, -0.2) is 59.3 Å². The molecule has 0 amide bonds. The van der Waals surface area contributed by atoms with Gasteiger partial charge in [0.25, 0.3) is 0 Å². The van der Waals surface area contributed by atoms with Crippen molar-refractivity contribution in [1.29, 1.82) is 0 Å². The molecule has 5 heteroatoms. The molecule has 1 aliphatic rings. The second kappa shape index (κ2) is 5.23. The third-order valence-electron chi connectivity index (χ3n) is 2.90. The van der Waals surface area contributed by atoms with E-state index in [0.29, 0.717) is 0 Å². The fourth-order valence-corrected chi connectivity index (χ4v) is 1.96. The second-order valence-electron chi connectivity index (χ2n) is 4.07. The van der Waals surface area contributed by atoms with Crippen LogP contribution < -0.4 is 4.90 Å². The van der Waals surface area contributed by atoms with Gasteiger partial charge in [-0.25, -0.2) is 9.97 Å². The minimum Gasteiger partial charge on any atom is -0.395 e. The predicted molar refractivity (Wildman–Crippen MR) is 62.5 cm³/mol. The van der Waals surface area contributed by atoms with Crippen molar-refractivity contribution in [2.45, 2.75) is 6.92 Å². The van der Waals surface area contributed by atoms with E-state index in [1.165, 1.54) is 0 Å². The molecular weight excluding hydrogens is 204 g/mol. The van der Waals surface area contributed by atoms with E-state index in [1.54, 1.807) is 6.33 Å². The van der Waals surface area contributed by atoms with Gasteiger partial charge in [0.15, 0.2) is 0 Å². The fourth-order valence-electron chi connectivity index (χ4n) is 1.96. The van der Waals surface area contributed by atoms with E-state index in [2.05, 4.69) is 19.8 Å². The Morgan fingerprint density at radius 3 is 2.62 bits per heavy atom. The van der Waals surface area contributed by atoms with Crippen molar-refractivity contribution in [2.75, 3.05) is 44.2 Å². The molecule has 1 saturated heterocycles. The Morgan fingerprint density at radius 1 is 1.25 bits per heavy atom. The Morgan fingerprint density at radius 2 is 2.00 bits per heavy atom. The number of aliphatic hydroxyl groups excluding tert-OH is 1.